The Morgan fingerprint density at radius 1 is 1.17 bits per heavy atom. The lowest BCUT2D eigenvalue weighted by molar-refractivity contribution is -0.122. The maximum Gasteiger partial charge on any atom is 0.268 e. The molecule has 2 aliphatic heterocycles. The van der Waals surface area contributed by atoms with Crippen molar-refractivity contribution in [2.45, 2.75) is 13.8 Å². The van der Waals surface area contributed by atoms with E-state index in [0.717, 1.165) is 29.2 Å². The number of fused-ring (bicyclic) bond motifs is 1. The molecule has 1 amide bonds. The number of carbonyl (C=O) groups excluding carboxylic acids is 1. The van der Waals surface area contributed by atoms with Gasteiger partial charge in [0.15, 0.2) is 0 Å². The van der Waals surface area contributed by atoms with Gasteiger partial charge >= 0.3 is 0 Å². The van der Waals surface area contributed by atoms with Crippen LogP contribution in [0.15, 0.2) is 34.9 Å². The van der Waals surface area contributed by atoms with Gasteiger partial charge in [0.1, 0.15) is 15.0 Å². The van der Waals surface area contributed by atoms with Crippen LogP contribution < -0.4 is 9.64 Å². The third-order valence-electron chi connectivity index (χ3n) is 3.95. The van der Waals surface area contributed by atoms with Gasteiger partial charge in [0.2, 0.25) is 0 Å². The van der Waals surface area contributed by atoms with Crippen molar-refractivity contribution in [3.8, 4) is 5.75 Å². The molecule has 0 aliphatic carbocycles. The Morgan fingerprint density at radius 2 is 1.91 bits per heavy atom. The minimum atomic E-state index is -0.00226. The van der Waals surface area contributed by atoms with E-state index in [1.165, 1.54) is 11.8 Å². The molecule has 4 nitrogen and oxygen atoms in total. The number of nitrogens with zero attached hydrogens (tertiary/aromatic N) is 2. The molecule has 3 rings (SSSR count). The fourth-order valence-electron chi connectivity index (χ4n) is 2.79. The molecule has 0 bridgehead atoms. The van der Waals surface area contributed by atoms with E-state index in [1.54, 1.807) is 12.0 Å². The van der Waals surface area contributed by atoms with Crippen LogP contribution in [0.2, 0.25) is 0 Å². The monoisotopic (exact) mass is 346 g/mol. The van der Waals surface area contributed by atoms with E-state index in [4.69, 9.17) is 17.0 Å². The standard InChI is InChI=1S/C17H18N2O2S2/c1-4-18-13-9-7-12(21-3)10-11(13)6-8-14(18)15-16(20)19(5-2)17(22)23-15/h6-10H,4-5H2,1-3H3/b15-14+. The number of methoxy groups -OCH3 is 1. The lowest BCUT2D eigenvalue weighted by atomic mass is 10.0. The molecule has 0 radical (unpaired) electrons. The quantitative estimate of drug-likeness (QED) is 0.616. The van der Waals surface area contributed by atoms with Crippen molar-refractivity contribution < 1.29 is 9.53 Å². The van der Waals surface area contributed by atoms with Crippen LogP contribution >= 0.6 is 24.0 Å². The van der Waals surface area contributed by atoms with Crippen LogP contribution in [-0.4, -0.2) is 35.3 Å². The van der Waals surface area contributed by atoms with E-state index in [0.29, 0.717) is 15.8 Å². The highest BCUT2D eigenvalue weighted by Crippen LogP contribution is 2.40. The van der Waals surface area contributed by atoms with Crippen LogP contribution in [0.3, 0.4) is 0 Å². The second-order valence-corrected chi connectivity index (χ2v) is 6.78. The number of ether oxygens (including phenoxy) is 1. The molecule has 23 heavy (non-hydrogen) atoms. The smallest absolute Gasteiger partial charge is 0.268 e. The van der Waals surface area contributed by atoms with Crippen molar-refractivity contribution >= 4 is 46.0 Å². The van der Waals surface area contributed by atoms with Gasteiger partial charge in [0.25, 0.3) is 5.91 Å². The summed E-state index contributed by atoms with van der Waals surface area (Å²) in [5.74, 6) is 0.822. The summed E-state index contributed by atoms with van der Waals surface area (Å²) in [6.45, 7) is 5.39. The van der Waals surface area contributed by atoms with E-state index >= 15 is 0 Å². The van der Waals surface area contributed by atoms with Crippen LogP contribution in [0, 0.1) is 0 Å². The average molecular weight is 346 g/mol. The van der Waals surface area contributed by atoms with Crippen molar-refractivity contribution in [3.63, 3.8) is 0 Å². The van der Waals surface area contributed by atoms with Gasteiger partial charge in [-0.1, -0.05) is 30.1 Å². The number of hydrogen-bond acceptors (Lipinski definition) is 5. The molecule has 6 heteroatoms. The molecule has 0 spiro atoms. The van der Waals surface area contributed by atoms with E-state index in [-0.39, 0.29) is 5.91 Å². The summed E-state index contributed by atoms with van der Waals surface area (Å²) in [6.07, 6.45) is 4.02. The summed E-state index contributed by atoms with van der Waals surface area (Å²) in [5, 5.41) is 0. The van der Waals surface area contributed by atoms with Crippen molar-refractivity contribution in [1.82, 2.24) is 4.90 Å². The number of carbonyl (C=O) groups is 1. The Hall–Kier alpha value is -1.79. The van der Waals surface area contributed by atoms with Crippen LogP contribution in [0.4, 0.5) is 5.69 Å². The molecule has 1 aromatic rings. The zero-order valence-electron chi connectivity index (χ0n) is 13.3. The minimum absolute atomic E-state index is 0.00226. The summed E-state index contributed by atoms with van der Waals surface area (Å²) in [6, 6.07) is 5.97. The topological polar surface area (TPSA) is 32.8 Å². The average Bonchev–Trinajstić information content (AvgIpc) is 2.86. The third kappa shape index (κ3) is 2.66. The molecule has 2 aliphatic rings. The van der Waals surface area contributed by atoms with Gasteiger partial charge in [-0.2, -0.15) is 0 Å². The van der Waals surface area contributed by atoms with Crippen LogP contribution in [-0.2, 0) is 4.79 Å². The maximum absolute atomic E-state index is 12.6. The van der Waals surface area contributed by atoms with Crippen molar-refractivity contribution in [2.75, 3.05) is 25.1 Å². The molecular weight excluding hydrogens is 328 g/mol. The predicted octanol–water partition coefficient (Wildman–Crippen LogP) is 3.64. The van der Waals surface area contributed by atoms with Crippen LogP contribution in [0.25, 0.3) is 6.08 Å². The fraction of sp³-hybridized carbons (Fsp3) is 0.294. The fourth-order valence-corrected chi connectivity index (χ4v) is 4.23. The summed E-state index contributed by atoms with van der Waals surface area (Å²) in [4.78, 5) is 17.1. The van der Waals surface area contributed by atoms with Gasteiger partial charge in [-0.25, -0.2) is 0 Å². The number of anilines is 1. The summed E-state index contributed by atoms with van der Waals surface area (Å²) in [7, 11) is 1.66. The van der Waals surface area contributed by atoms with E-state index < -0.39 is 0 Å². The number of rotatable bonds is 3. The molecule has 0 saturated carbocycles. The van der Waals surface area contributed by atoms with Gasteiger partial charge in [-0.05, 0) is 38.1 Å². The number of allylic oxidation sites excluding steroid dienone is 1. The zero-order valence-corrected chi connectivity index (χ0v) is 15.0. The van der Waals surface area contributed by atoms with Crippen molar-refractivity contribution in [2.24, 2.45) is 0 Å². The first-order valence-corrected chi connectivity index (χ1v) is 8.74. The highest BCUT2D eigenvalue weighted by atomic mass is 32.2. The van der Waals surface area contributed by atoms with Crippen molar-refractivity contribution in [1.29, 1.82) is 0 Å². The Bertz CT molecular complexity index is 740. The first kappa shape index (κ1) is 16.1. The summed E-state index contributed by atoms with van der Waals surface area (Å²) in [5.41, 5.74) is 3.08. The molecule has 1 fully saturated rings. The second kappa shape index (κ2) is 6.37. The van der Waals surface area contributed by atoms with Crippen LogP contribution in [0.5, 0.6) is 5.75 Å². The molecule has 0 aromatic heterocycles. The number of thiocarbonyl (C=S) groups is 1. The Morgan fingerprint density at radius 3 is 2.52 bits per heavy atom. The van der Waals surface area contributed by atoms with Gasteiger partial charge in [-0.15, -0.1) is 0 Å². The zero-order chi connectivity index (χ0) is 16.6. The summed E-state index contributed by atoms with van der Waals surface area (Å²) < 4.78 is 5.92. The normalized spacial score (nSPS) is 20.3. The third-order valence-corrected chi connectivity index (χ3v) is 5.40. The molecular formula is C17H18N2O2S2. The predicted molar refractivity (Wildman–Crippen MR) is 99.7 cm³/mol. The first-order valence-electron chi connectivity index (χ1n) is 7.52. The number of thioether (sulfide) groups is 1. The molecule has 1 saturated heterocycles. The highest BCUT2D eigenvalue weighted by Gasteiger charge is 2.35. The van der Waals surface area contributed by atoms with E-state index in [1.807, 2.05) is 37.3 Å². The van der Waals surface area contributed by atoms with E-state index in [2.05, 4.69) is 11.8 Å². The Kier molecular flexibility index (Phi) is 4.46. The van der Waals surface area contributed by atoms with E-state index in [9.17, 15) is 4.79 Å². The summed E-state index contributed by atoms with van der Waals surface area (Å²) >= 11 is 6.71. The van der Waals surface area contributed by atoms with Gasteiger partial charge in [0, 0.05) is 24.3 Å². The van der Waals surface area contributed by atoms with Gasteiger partial charge in [0.05, 0.1) is 12.8 Å². The number of hydrogen-bond donors (Lipinski definition) is 0. The van der Waals surface area contributed by atoms with Gasteiger partial charge < -0.3 is 9.64 Å². The molecule has 1 aromatic carbocycles. The Labute approximate surface area is 145 Å². The molecule has 0 N–H and O–H groups in total. The molecule has 2 heterocycles. The Balaban J connectivity index is 2.08. The molecule has 0 unspecified atom stereocenters. The lowest BCUT2D eigenvalue weighted by Gasteiger charge is -2.30. The lowest BCUT2D eigenvalue weighted by Crippen LogP contribution is -2.30. The van der Waals surface area contributed by atoms with Crippen molar-refractivity contribution in [3.05, 3.63) is 40.4 Å². The van der Waals surface area contributed by atoms with Crippen LogP contribution in [0.1, 0.15) is 19.4 Å². The SMILES string of the molecule is CCN1C(=O)/C(=C2/C=Cc3cc(OC)ccc3N2CC)SC1=S. The molecule has 120 valence electrons. The number of amides is 1. The first-order chi connectivity index (χ1) is 11.1. The minimum Gasteiger partial charge on any atom is -0.497 e. The maximum atomic E-state index is 12.6. The number of benzene rings is 1. The number of likely N-dealkylation sites (N-methyl/N-ethyl adjacent to an activating group) is 2. The second-order valence-electron chi connectivity index (χ2n) is 5.13. The molecule has 0 atom stereocenters. The largest absolute Gasteiger partial charge is 0.497 e. The highest BCUT2D eigenvalue weighted by molar-refractivity contribution is 8.26. The van der Waals surface area contributed by atoms with Gasteiger partial charge in [-0.3, -0.25) is 9.69 Å².